The van der Waals surface area contributed by atoms with Crippen molar-refractivity contribution in [1.29, 1.82) is 0 Å². The monoisotopic (exact) mass is 219 g/mol. The number of hydrogen-bond acceptors (Lipinski definition) is 3. The second-order valence-corrected chi connectivity index (χ2v) is 3.93. The number of rotatable bonds is 4. The lowest BCUT2D eigenvalue weighted by molar-refractivity contribution is -0.114. The first-order chi connectivity index (χ1) is 7.47. The van der Waals surface area contributed by atoms with E-state index in [1.54, 1.807) is 20.2 Å². The second kappa shape index (κ2) is 4.92. The van der Waals surface area contributed by atoms with Gasteiger partial charge in [-0.1, -0.05) is 6.58 Å². The zero-order valence-electron chi connectivity index (χ0n) is 10.3. The van der Waals surface area contributed by atoms with Gasteiger partial charge >= 0.3 is 0 Å². The van der Waals surface area contributed by atoms with Crippen LogP contribution in [0.15, 0.2) is 18.3 Å². The number of hydrogen-bond donors (Lipinski definition) is 0. The minimum Gasteiger partial charge on any atom is -0.496 e. The van der Waals surface area contributed by atoms with Gasteiger partial charge in [-0.05, 0) is 26.3 Å². The van der Waals surface area contributed by atoms with Crippen molar-refractivity contribution in [1.82, 2.24) is 4.98 Å². The van der Waals surface area contributed by atoms with Crippen molar-refractivity contribution in [3.05, 3.63) is 35.2 Å². The van der Waals surface area contributed by atoms with Crippen molar-refractivity contribution < 1.29 is 9.53 Å². The van der Waals surface area contributed by atoms with E-state index >= 15 is 0 Å². The summed E-state index contributed by atoms with van der Waals surface area (Å²) in [6.07, 6.45) is 2.02. The van der Waals surface area contributed by atoms with Crippen molar-refractivity contribution in [2.45, 2.75) is 27.2 Å². The number of aryl methyl sites for hydroxylation is 1. The van der Waals surface area contributed by atoms with Gasteiger partial charge in [0.05, 0.1) is 19.2 Å². The summed E-state index contributed by atoms with van der Waals surface area (Å²) < 4.78 is 5.28. The first-order valence-corrected chi connectivity index (χ1v) is 5.15. The lowest BCUT2D eigenvalue weighted by Gasteiger charge is -2.11. The van der Waals surface area contributed by atoms with Crippen LogP contribution in [-0.4, -0.2) is 17.9 Å². The Balaban J connectivity index is 3.07. The van der Waals surface area contributed by atoms with Crippen molar-refractivity contribution >= 4 is 5.78 Å². The van der Waals surface area contributed by atoms with Crippen LogP contribution >= 0.6 is 0 Å². The molecule has 1 aromatic heterocycles. The van der Waals surface area contributed by atoms with Crippen molar-refractivity contribution in [3.8, 4) is 5.75 Å². The molecule has 0 unspecified atom stereocenters. The van der Waals surface area contributed by atoms with Crippen LogP contribution in [0.1, 0.15) is 23.7 Å². The zero-order chi connectivity index (χ0) is 12.3. The molecule has 0 radical (unpaired) electrons. The molecule has 1 heterocycles. The van der Waals surface area contributed by atoms with Crippen LogP contribution in [0.5, 0.6) is 5.75 Å². The fraction of sp³-hybridized carbons (Fsp3) is 0.385. The maximum atomic E-state index is 11.6. The number of aromatic nitrogens is 1. The van der Waals surface area contributed by atoms with E-state index in [4.69, 9.17) is 4.74 Å². The van der Waals surface area contributed by atoms with Gasteiger partial charge in [0.25, 0.3) is 0 Å². The molecule has 0 atom stereocenters. The minimum atomic E-state index is 0.0153. The van der Waals surface area contributed by atoms with Crippen LogP contribution < -0.4 is 4.74 Å². The van der Waals surface area contributed by atoms with Gasteiger partial charge < -0.3 is 4.74 Å². The van der Waals surface area contributed by atoms with Crippen LogP contribution in [0.3, 0.4) is 0 Å². The number of Topliss-reactive ketones (excluding diaryl/α,β-unsaturated/α-hetero) is 1. The number of ketones is 1. The quantitative estimate of drug-likeness (QED) is 0.730. The predicted octanol–water partition coefficient (Wildman–Crippen LogP) is 2.39. The molecular weight excluding hydrogens is 202 g/mol. The van der Waals surface area contributed by atoms with Crippen LogP contribution in [0.25, 0.3) is 0 Å². The van der Waals surface area contributed by atoms with Crippen LogP contribution in [0.2, 0.25) is 0 Å². The summed E-state index contributed by atoms with van der Waals surface area (Å²) in [6.45, 7) is 9.19. The van der Waals surface area contributed by atoms with E-state index in [1.807, 2.05) is 13.8 Å². The Morgan fingerprint density at radius 3 is 2.62 bits per heavy atom. The van der Waals surface area contributed by atoms with Crippen molar-refractivity contribution in [2.75, 3.05) is 7.11 Å². The molecule has 0 amide bonds. The number of methoxy groups -OCH3 is 1. The number of nitrogens with zero attached hydrogens (tertiary/aromatic N) is 1. The standard InChI is InChI=1S/C13H17NO2/c1-8(2)12(15)6-11-10(4)13(16-5)9(3)7-14-11/h7H,1,6H2,2-5H3. The zero-order valence-corrected chi connectivity index (χ0v) is 10.3. The normalized spacial score (nSPS) is 10.0. The van der Waals surface area contributed by atoms with Gasteiger partial charge in [-0.3, -0.25) is 9.78 Å². The Morgan fingerprint density at radius 1 is 1.50 bits per heavy atom. The van der Waals surface area contributed by atoms with E-state index in [9.17, 15) is 4.79 Å². The maximum Gasteiger partial charge on any atom is 0.163 e. The summed E-state index contributed by atoms with van der Waals surface area (Å²) in [5, 5.41) is 0. The molecule has 0 aliphatic carbocycles. The average molecular weight is 219 g/mol. The Labute approximate surface area is 96.2 Å². The van der Waals surface area contributed by atoms with Crippen LogP contribution in [-0.2, 0) is 11.2 Å². The Hall–Kier alpha value is -1.64. The third-order valence-electron chi connectivity index (χ3n) is 2.55. The predicted molar refractivity (Wildman–Crippen MR) is 63.8 cm³/mol. The highest BCUT2D eigenvalue weighted by atomic mass is 16.5. The molecule has 1 aromatic rings. The van der Waals surface area contributed by atoms with E-state index in [0.717, 1.165) is 22.6 Å². The largest absolute Gasteiger partial charge is 0.496 e. The minimum absolute atomic E-state index is 0.0153. The van der Waals surface area contributed by atoms with Crippen LogP contribution in [0, 0.1) is 13.8 Å². The Bertz CT molecular complexity index is 436. The highest BCUT2D eigenvalue weighted by Crippen LogP contribution is 2.24. The third kappa shape index (κ3) is 2.48. The molecule has 0 N–H and O–H groups in total. The van der Waals surface area contributed by atoms with Gasteiger partial charge in [-0.2, -0.15) is 0 Å². The molecule has 86 valence electrons. The molecule has 3 heteroatoms. The van der Waals surface area contributed by atoms with Gasteiger partial charge in [0, 0.05) is 17.3 Å². The molecule has 1 rings (SSSR count). The molecule has 3 nitrogen and oxygen atoms in total. The molecule has 0 bridgehead atoms. The Kier molecular flexibility index (Phi) is 3.82. The maximum absolute atomic E-state index is 11.6. The Morgan fingerprint density at radius 2 is 2.12 bits per heavy atom. The molecule has 16 heavy (non-hydrogen) atoms. The van der Waals surface area contributed by atoms with Crippen LogP contribution in [0.4, 0.5) is 0 Å². The SMILES string of the molecule is C=C(C)C(=O)Cc1ncc(C)c(OC)c1C. The van der Waals surface area contributed by atoms with Gasteiger partial charge in [0.1, 0.15) is 5.75 Å². The third-order valence-corrected chi connectivity index (χ3v) is 2.55. The van der Waals surface area contributed by atoms with E-state index in [2.05, 4.69) is 11.6 Å². The van der Waals surface area contributed by atoms with E-state index < -0.39 is 0 Å². The summed E-state index contributed by atoms with van der Waals surface area (Å²) in [6, 6.07) is 0. The summed E-state index contributed by atoms with van der Waals surface area (Å²) in [7, 11) is 1.62. The molecule has 0 aliphatic rings. The van der Waals surface area contributed by atoms with Crippen molar-refractivity contribution in [2.24, 2.45) is 0 Å². The summed E-state index contributed by atoms with van der Waals surface area (Å²) >= 11 is 0. The van der Waals surface area contributed by atoms with Gasteiger partial charge in [-0.15, -0.1) is 0 Å². The molecule has 0 aliphatic heterocycles. The second-order valence-electron chi connectivity index (χ2n) is 3.93. The molecule has 0 spiro atoms. The topological polar surface area (TPSA) is 39.2 Å². The fourth-order valence-electron chi connectivity index (χ4n) is 1.55. The number of ether oxygens (including phenoxy) is 1. The van der Waals surface area contributed by atoms with E-state index in [1.165, 1.54) is 0 Å². The summed E-state index contributed by atoms with van der Waals surface area (Å²) in [5.41, 5.74) is 3.22. The molecule has 0 aromatic carbocycles. The first kappa shape index (κ1) is 12.4. The fourth-order valence-corrected chi connectivity index (χ4v) is 1.55. The molecule has 0 saturated heterocycles. The molecule has 0 fully saturated rings. The number of pyridine rings is 1. The van der Waals surface area contributed by atoms with Gasteiger partial charge in [-0.25, -0.2) is 0 Å². The molecular formula is C13H17NO2. The van der Waals surface area contributed by atoms with Gasteiger partial charge in [0.2, 0.25) is 0 Å². The molecule has 0 saturated carbocycles. The van der Waals surface area contributed by atoms with E-state index in [-0.39, 0.29) is 12.2 Å². The summed E-state index contributed by atoms with van der Waals surface area (Å²) in [5.74, 6) is 0.820. The van der Waals surface area contributed by atoms with Crippen molar-refractivity contribution in [3.63, 3.8) is 0 Å². The lowest BCUT2D eigenvalue weighted by Crippen LogP contribution is -2.08. The van der Waals surface area contributed by atoms with E-state index in [0.29, 0.717) is 5.57 Å². The highest BCUT2D eigenvalue weighted by Gasteiger charge is 2.12. The van der Waals surface area contributed by atoms with Gasteiger partial charge in [0.15, 0.2) is 5.78 Å². The lowest BCUT2D eigenvalue weighted by atomic mass is 10.0. The number of carbonyl (C=O) groups is 1. The number of carbonyl (C=O) groups excluding carboxylic acids is 1. The summed E-state index contributed by atoms with van der Waals surface area (Å²) in [4.78, 5) is 15.8. The first-order valence-electron chi connectivity index (χ1n) is 5.15. The highest BCUT2D eigenvalue weighted by molar-refractivity contribution is 5.95. The average Bonchev–Trinajstić information content (AvgIpc) is 2.22. The smallest absolute Gasteiger partial charge is 0.163 e. The number of allylic oxidation sites excluding steroid dienone is 1.